The van der Waals surface area contributed by atoms with Gasteiger partial charge in [0.15, 0.2) is 0 Å². The van der Waals surface area contributed by atoms with E-state index >= 15 is 0 Å². The number of rotatable bonds is 7. The Bertz CT molecular complexity index is 1260. The molecule has 1 aromatic carbocycles. The molecule has 38 heavy (non-hydrogen) atoms. The number of piperidine rings is 1. The molecular formula is C29H40N4O5. The monoisotopic (exact) mass is 524 g/mol. The van der Waals surface area contributed by atoms with Crippen LogP contribution in [0.15, 0.2) is 35.3 Å². The Hall–Kier alpha value is -3.33. The van der Waals surface area contributed by atoms with Crippen LogP contribution >= 0.6 is 0 Å². The van der Waals surface area contributed by atoms with E-state index in [-0.39, 0.29) is 29.8 Å². The molecule has 0 radical (unpaired) electrons. The van der Waals surface area contributed by atoms with Crippen LogP contribution in [-0.4, -0.2) is 69.7 Å². The summed E-state index contributed by atoms with van der Waals surface area (Å²) in [5.74, 6) is -0.102. The van der Waals surface area contributed by atoms with E-state index in [0.717, 1.165) is 19.6 Å². The van der Waals surface area contributed by atoms with Gasteiger partial charge in [-0.2, -0.15) is 0 Å². The zero-order valence-electron chi connectivity index (χ0n) is 23.5. The number of hydrogen-bond acceptors (Lipinski definition) is 6. The van der Waals surface area contributed by atoms with Gasteiger partial charge in [0, 0.05) is 44.4 Å². The highest BCUT2D eigenvalue weighted by atomic mass is 16.5. The molecule has 2 aliphatic heterocycles. The second kappa shape index (κ2) is 11.2. The lowest BCUT2D eigenvalue weighted by molar-refractivity contribution is -0.140. The maximum absolute atomic E-state index is 13.7. The number of benzene rings is 1. The molecule has 0 unspecified atom stereocenters. The summed E-state index contributed by atoms with van der Waals surface area (Å²) in [4.78, 5) is 43.7. The molecule has 2 aromatic rings. The molecule has 4 rings (SSSR count). The van der Waals surface area contributed by atoms with Crippen LogP contribution < -0.4 is 10.4 Å². The van der Waals surface area contributed by atoms with Gasteiger partial charge < -0.3 is 14.4 Å². The molecule has 1 saturated heterocycles. The van der Waals surface area contributed by atoms with Crippen LogP contribution in [0.4, 0.5) is 0 Å². The number of imidazole rings is 1. The molecule has 3 heterocycles. The Morgan fingerprint density at radius 1 is 1.00 bits per heavy atom. The van der Waals surface area contributed by atoms with Crippen LogP contribution in [-0.2, 0) is 29.0 Å². The van der Waals surface area contributed by atoms with E-state index < -0.39 is 11.4 Å². The van der Waals surface area contributed by atoms with E-state index in [1.807, 2.05) is 26.0 Å². The highest BCUT2D eigenvalue weighted by molar-refractivity contribution is 6.17. The first-order chi connectivity index (χ1) is 18.0. The van der Waals surface area contributed by atoms with Crippen molar-refractivity contribution in [1.82, 2.24) is 18.9 Å². The normalized spacial score (nSPS) is 17.6. The quantitative estimate of drug-likeness (QED) is 0.517. The summed E-state index contributed by atoms with van der Waals surface area (Å²) >= 11 is 0. The molecule has 1 aromatic heterocycles. The fraction of sp³-hybridized carbons (Fsp3) is 0.552. The van der Waals surface area contributed by atoms with Crippen LogP contribution in [0.3, 0.4) is 0 Å². The summed E-state index contributed by atoms with van der Waals surface area (Å²) in [5.41, 5.74) is 0.975. The third-order valence-corrected chi connectivity index (χ3v) is 7.27. The van der Waals surface area contributed by atoms with Gasteiger partial charge in [0.2, 0.25) is 0 Å². The van der Waals surface area contributed by atoms with Gasteiger partial charge in [-0.05, 0) is 64.0 Å². The third-order valence-electron chi connectivity index (χ3n) is 7.27. The third kappa shape index (κ3) is 5.72. The van der Waals surface area contributed by atoms with Gasteiger partial charge in [0.25, 0.3) is 5.91 Å². The lowest BCUT2D eigenvalue weighted by atomic mass is 9.86. The van der Waals surface area contributed by atoms with E-state index in [1.165, 1.54) is 30.0 Å². The minimum Gasteiger partial charge on any atom is -0.492 e. The van der Waals surface area contributed by atoms with Crippen LogP contribution in [0.2, 0.25) is 0 Å². The number of carbonyl (C=O) groups is 2. The van der Waals surface area contributed by atoms with Gasteiger partial charge >= 0.3 is 11.7 Å². The zero-order valence-corrected chi connectivity index (χ0v) is 23.5. The minimum atomic E-state index is -0.617. The molecule has 9 nitrogen and oxygen atoms in total. The predicted molar refractivity (Wildman–Crippen MR) is 146 cm³/mol. The predicted octanol–water partition coefficient (Wildman–Crippen LogP) is 3.31. The molecule has 0 spiro atoms. The van der Waals surface area contributed by atoms with Crippen molar-refractivity contribution in [2.24, 2.45) is 14.1 Å². The average Bonchev–Trinajstić information content (AvgIpc) is 3.02. The maximum Gasteiger partial charge on any atom is 0.342 e. The van der Waals surface area contributed by atoms with Gasteiger partial charge in [-0.3, -0.25) is 18.8 Å². The summed E-state index contributed by atoms with van der Waals surface area (Å²) in [6.07, 6.45) is 4.98. The minimum absolute atomic E-state index is 0.186. The largest absolute Gasteiger partial charge is 0.492 e. The number of carbonyl (C=O) groups excluding carboxylic acids is 2. The van der Waals surface area contributed by atoms with Gasteiger partial charge in [-0.1, -0.05) is 20.3 Å². The average molecular weight is 525 g/mol. The number of nitrogens with zero attached hydrogens (tertiary/aromatic N) is 4. The van der Waals surface area contributed by atoms with Crippen LogP contribution in [0.5, 0.6) is 5.75 Å². The standard InChI is InChI=1S/C29H40N4O5/c1-20(2)38-27(35)23-18-33(19-29(3,4)25-24(23)30(5)28(36)31(25)6)26(34)21-10-12-22(13-11-21)37-17-16-32-14-8-7-9-15-32/h10-13,18,20H,7-9,14-17,19H2,1-6H3. The number of hydrogen-bond donors (Lipinski definition) is 0. The van der Waals surface area contributed by atoms with E-state index in [0.29, 0.717) is 29.3 Å². The molecule has 0 atom stereocenters. The summed E-state index contributed by atoms with van der Waals surface area (Å²) in [5, 5.41) is 0. The van der Waals surface area contributed by atoms with Gasteiger partial charge in [0.1, 0.15) is 17.9 Å². The number of amides is 1. The van der Waals surface area contributed by atoms with Crippen molar-refractivity contribution >= 4 is 17.4 Å². The molecule has 1 amide bonds. The van der Waals surface area contributed by atoms with Gasteiger partial charge in [-0.25, -0.2) is 9.59 Å². The van der Waals surface area contributed by atoms with Gasteiger partial charge in [0.05, 0.1) is 17.5 Å². The van der Waals surface area contributed by atoms with Crippen molar-refractivity contribution in [3.63, 3.8) is 0 Å². The summed E-state index contributed by atoms with van der Waals surface area (Å²) in [7, 11) is 3.32. The van der Waals surface area contributed by atoms with Crippen molar-refractivity contribution in [2.75, 3.05) is 32.8 Å². The van der Waals surface area contributed by atoms with Crippen molar-refractivity contribution < 1.29 is 19.1 Å². The number of ether oxygens (including phenoxy) is 2. The van der Waals surface area contributed by atoms with Gasteiger partial charge in [-0.15, -0.1) is 0 Å². The first-order valence-corrected chi connectivity index (χ1v) is 13.4. The number of likely N-dealkylation sites (tertiary alicyclic amines) is 1. The molecule has 0 bridgehead atoms. The number of esters is 1. The molecule has 0 saturated carbocycles. The van der Waals surface area contributed by atoms with E-state index in [4.69, 9.17) is 9.47 Å². The van der Waals surface area contributed by atoms with E-state index in [9.17, 15) is 14.4 Å². The lowest BCUT2D eigenvalue weighted by Gasteiger charge is -2.29. The summed E-state index contributed by atoms with van der Waals surface area (Å²) < 4.78 is 14.4. The summed E-state index contributed by atoms with van der Waals surface area (Å²) in [6.45, 7) is 11.5. The van der Waals surface area contributed by atoms with Crippen LogP contribution in [0.25, 0.3) is 5.57 Å². The maximum atomic E-state index is 13.7. The topological polar surface area (TPSA) is 86.0 Å². The van der Waals surface area contributed by atoms with E-state index in [2.05, 4.69) is 4.90 Å². The Kier molecular flexibility index (Phi) is 8.16. The van der Waals surface area contributed by atoms with Crippen molar-refractivity contribution in [2.45, 2.75) is 58.5 Å². The molecule has 9 heteroatoms. The Morgan fingerprint density at radius 3 is 2.29 bits per heavy atom. The van der Waals surface area contributed by atoms with Crippen LogP contribution in [0.1, 0.15) is 68.7 Å². The first-order valence-electron chi connectivity index (χ1n) is 13.4. The smallest absolute Gasteiger partial charge is 0.342 e. The highest BCUT2D eigenvalue weighted by Gasteiger charge is 2.39. The highest BCUT2D eigenvalue weighted by Crippen LogP contribution is 2.35. The molecule has 1 fully saturated rings. The van der Waals surface area contributed by atoms with Crippen molar-refractivity contribution in [3.8, 4) is 5.75 Å². The molecule has 2 aliphatic rings. The molecule has 206 valence electrons. The van der Waals surface area contributed by atoms with Crippen molar-refractivity contribution in [1.29, 1.82) is 0 Å². The SMILES string of the molecule is CC(C)OC(=O)C1=CN(C(=O)c2ccc(OCCN3CCCCC3)cc2)CC(C)(C)c2c1n(C)c(=O)n2C. The Balaban J connectivity index is 1.58. The number of fused-ring (bicyclic) bond motifs is 1. The molecule has 0 aliphatic carbocycles. The molecular weight excluding hydrogens is 484 g/mol. The van der Waals surface area contributed by atoms with E-state index in [1.54, 1.807) is 49.5 Å². The van der Waals surface area contributed by atoms with Crippen molar-refractivity contribution in [3.05, 3.63) is 57.9 Å². The zero-order chi connectivity index (χ0) is 27.6. The molecule has 0 N–H and O–H groups in total. The number of aromatic nitrogens is 2. The second-order valence-corrected chi connectivity index (χ2v) is 11.2. The lowest BCUT2D eigenvalue weighted by Crippen LogP contribution is -2.38. The fourth-order valence-electron chi connectivity index (χ4n) is 5.47. The summed E-state index contributed by atoms with van der Waals surface area (Å²) in [6, 6.07) is 7.11. The van der Waals surface area contributed by atoms with Crippen LogP contribution in [0, 0.1) is 0 Å². The first kappa shape index (κ1) is 27.7. The second-order valence-electron chi connectivity index (χ2n) is 11.2. The fourth-order valence-corrected chi connectivity index (χ4v) is 5.47. The Labute approximate surface area is 224 Å². The Morgan fingerprint density at radius 2 is 1.66 bits per heavy atom.